The molecule has 112 valence electrons. The Bertz CT molecular complexity index is 1400. The van der Waals surface area contributed by atoms with E-state index in [4.69, 9.17) is 0 Å². The molecule has 0 aliphatic heterocycles. The summed E-state index contributed by atoms with van der Waals surface area (Å²) in [7, 11) is 0. The average Bonchev–Trinajstić information content (AvgIpc) is 3.19. The van der Waals surface area contributed by atoms with Gasteiger partial charge < -0.3 is 4.98 Å². The number of para-hydroxylation sites is 1. The van der Waals surface area contributed by atoms with Crippen molar-refractivity contribution < 1.29 is 0 Å². The normalized spacial score (nSPS) is 12.2. The highest BCUT2D eigenvalue weighted by atomic mass is 32.1. The highest BCUT2D eigenvalue weighted by molar-refractivity contribution is 7.27. The van der Waals surface area contributed by atoms with Crippen molar-refractivity contribution in [1.82, 2.24) is 4.98 Å². The van der Waals surface area contributed by atoms with Crippen LogP contribution in [-0.4, -0.2) is 4.98 Å². The van der Waals surface area contributed by atoms with E-state index in [9.17, 15) is 0 Å². The zero-order valence-electron chi connectivity index (χ0n) is 12.8. The molecule has 2 aromatic heterocycles. The molecule has 1 N–H and O–H groups in total. The maximum absolute atomic E-state index is 3.56. The second kappa shape index (κ2) is 4.37. The van der Waals surface area contributed by atoms with Crippen molar-refractivity contribution in [1.29, 1.82) is 0 Å². The molecule has 6 aromatic rings. The standard InChI is InChI=1S/C22H13NS/c1-2-6-14-13(5-1)9-12-19-20(14)16-10-11-18-21(22(16)24-19)15-7-3-4-8-17(15)23-18/h1-12,23H. The summed E-state index contributed by atoms with van der Waals surface area (Å²) in [4.78, 5) is 3.56. The van der Waals surface area contributed by atoms with Crippen LogP contribution in [0.2, 0.25) is 0 Å². The minimum Gasteiger partial charge on any atom is -0.354 e. The van der Waals surface area contributed by atoms with Crippen LogP contribution in [0, 0.1) is 0 Å². The third-order valence-electron chi connectivity index (χ3n) is 5.00. The predicted octanol–water partition coefficient (Wildman–Crippen LogP) is 6.84. The van der Waals surface area contributed by atoms with Crippen LogP contribution in [0.5, 0.6) is 0 Å². The van der Waals surface area contributed by atoms with Crippen LogP contribution in [0.4, 0.5) is 0 Å². The van der Waals surface area contributed by atoms with E-state index in [-0.39, 0.29) is 0 Å². The Labute approximate surface area is 142 Å². The van der Waals surface area contributed by atoms with Gasteiger partial charge in [-0.2, -0.15) is 0 Å². The first-order chi connectivity index (χ1) is 11.9. The van der Waals surface area contributed by atoms with Crippen molar-refractivity contribution in [3.05, 3.63) is 72.8 Å². The van der Waals surface area contributed by atoms with Crippen LogP contribution in [0.1, 0.15) is 0 Å². The monoisotopic (exact) mass is 323 g/mol. The smallest absolute Gasteiger partial charge is 0.0479 e. The lowest BCUT2D eigenvalue weighted by Gasteiger charge is -2.00. The van der Waals surface area contributed by atoms with E-state index in [1.807, 2.05) is 11.3 Å². The Morgan fingerprint density at radius 2 is 1.42 bits per heavy atom. The van der Waals surface area contributed by atoms with Crippen LogP contribution < -0.4 is 0 Å². The van der Waals surface area contributed by atoms with Gasteiger partial charge in [0.1, 0.15) is 0 Å². The molecular weight excluding hydrogens is 310 g/mol. The van der Waals surface area contributed by atoms with Crippen molar-refractivity contribution in [2.45, 2.75) is 0 Å². The van der Waals surface area contributed by atoms with Crippen molar-refractivity contribution in [2.75, 3.05) is 0 Å². The molecule has 0 aliphatic rings. The van der Waals surface area contributed by atoms with Crippen LogP contribution in [0.25, 0.3) is 52.8 Å². The molecular formula is C22H13NS. The Kier molecular flexibility index (Phi) is 2.29. The summed E-state index contributed by atoms with van der Waals surface area (Å²) < 4.78 is 2.75. The zero-order chi connectivity index (χ0) is 15.7. The first-order valence-electron chi connectivity index (χ1n) is 8.13. The molecule has 24 heavy (non-hydrogen) atoms. The molecule has 0 unspecified atom stereocenters. The summed E-state index contributed by atoms with van der Waals surface area (Å²) >= 11 is 1.91. The number of hydrogen-bond acceptors (Lipinski definition) is 1. The van der Waals surface area contributed by atoms with Crippen molar-refractivity contribution >= 4 is 64.1 Å². The van der Waals surface area contributed by atoms with Gasteiger partial charge in [-0.25, -0.2) is 0 Å². The van der Waals surface area contributed by atoms with Crippen molar-refractivity contribution in [2.24, 2.45) is 0 Å². The molecule has 0 amide bonds. The Morgan fingerprint density at radius 1 is 0.583 bits per heavy atom. The maximum atomic E-state index is 3.56. The predicted molar refractivity (Wildman–Crippen MR) is 106 cm³/mol. The number of aromatic nitrogens is 1. The second-order valence-corrected chi connectivity index (χ2v) is 7.35. The fraction of sp³-hybridized carbons (Fsp3) is 0. The van der Waals surface area contributed by atoms with E-state index in [2.05, 4.69) is 77.8 Å². The molecule has 2 heterocycles. The van der Waals surface area contributed by atoms with E-state index in [1.54, 1.807) is 0 Å². The molecule has 0 saturated carbocycles. The molecule has 0 bridgehead atoms. The molecule has 2 heteroatoms. The van der Waals surface area contributed by atoms with Crippen LogP contribution in [-0.2, 0) is 0 Å². The Balaban J connectivity index is 1.94. The fourth-order valence-electron chi connectivity index (χ4n) is 3.94. The van der Waals surface area contributed by atoms with Crippen molar-refractivity contribution in [3.63, 3.8) is 0 Å². The minimum atomic E-state index is 1.21. The molecule has 0 spiro atoms. The fourth-order valence-corrected chi connectivity index (χ4v) is 5.22. The molecule has 0 atom stereocenters. The van der Waals surface area contributed by atoms with Gasteiger partial charge in [0.15, 0.2) is 0 Å². The quantitative estimate of drug-likeness (QED) is 0.315. The third-order valence-corrected chi connectivity index (χ3v) is 6.18. The van der Waals surface area contributed by atoms with Crippen LogP contribution in [0.3, 0.4) is 0 Å². The molecule has 0 fully saturated rings. The van der Waals surface area contributed by atoms with E-state index in [0.717, 1.165) is 0 Å². The van der Waals surface area contributed by atoms with Gasteiger partial charge >= 0.3 is 0 Å². The number of aromatic amines is 1. The van der Waals surface area contributed by atoms with Gasteiger partial charge in [0.25, 0.3) is 0 Å². The van der Waals surface area contributed by atoms with Gasteiger partial charge in [0, 0.05) is 42.0 Å². The van der Waals surface area contributed by atoms with E-state index in [0.29, 0.717) is 0 Å². The SMILES string of the molecule is c1ccc2c(c1)ccc1sc3c(ccc4[nH]c5ccccc5c43)c12. The summed E-state index contributed by atoms with van der Waals surface area (Å²) in [5.74, 6) is 0. The van der Waals surface area contributed by atoms with Gasteiger partial charge in [-0.1, -0.05) is 54.6 Å². The first-order valence-corrected chi connectivity index (χ1v) is 8.95. The first kappa shape index (κ1) is 12.6. The van der Waals surface area contributed by atoms with E-state index >= 15 is 0 Å². The largest absolute Gasteiger partial charge is 0.354 e. The third kappa shape index (κ3) is 1.49. The average molecular weight is 323 g/mol. The van der Waals surface area contributed by atoms with Gasteiger partial charge in [0.2, 0.25) is 0 Å². The summed E-state index contributed by atoms with van der Waals surface area (Å²) in [6, 6.07) is 26.3. The lowest BCUT2D eigenvalue weighted by Crippen LogP contribution is -1.74. The highest BCUT2D eigenvalue weighted by Gasteiger charge is 2.14. The Morgan fingerprint density at radius 3 is 2.38 bits per heavy atom. The maximum Gasteiger partial charge on any atom is 0.0479 e. The molecule has 0 radical (unpaired) electrons. The van der Waals surface area contributed by atoms with E-state index < -0.39 is 0 Å². The van der Waals surface area contributed by atoms with Gasteiger partial charge in [-0.15, -0.1) is 11.3 Å². The van der Waals surface area contributed by atoms with Gasteiger partial charge in [-0.3, -0.25) is 0 Å². The molecule has 0 aliphatic carbocycles. The topological polar surface area (TPSA) is 15.8 Å². The summed E-state index contributed by atoms with van der Waals surface area (Å²) in [6.45, 7) is 0. The van der Waals surface area contributed by atoms with Crippen LogP contribution in [0.15, 0.2) is 72.8 Å². The molecule has 0 saturated heterocycles. The highest BCUT2D eigenvalue weighted by Crippen LogP contribution is 2.43. The van der Waals surface area contributed by atoms with Crippen molar-refractivity contribution in [3.8, 4) is 0 Å². The number of thiophene rings is 1. The zero-order valence-corrected chi connectivity index (χ0v) is 13.7. The summed E-state index contributed by atoms with van der Waals surface area (Å²) in [6.07, 6.45) is 0. The lowest BCUT2D eigenvalue weighted by molar-refractivity contribution is 1.55. The van der Waals surface area contributed by atoms with Crippen LogP contribution >= 0.6 is 11.3 Å². The van der Waals surface area contributed by atoms with E-state index in [1.165, 1.54) is 52.8 Å². The minimum absolute atomic E-state index is 1.21. The number of benzene rings is 4. The summed E-state index contributed by atoms with van der Waals surface area (Å²) in [5.41, 5.74) is 2.43. The summed E-state index contributed by atoms with van der Waals surface area (Å²) in [5, 5.41) is 8.08. The van der Waals surface area contributed by atoms with Gasteiger partial charge in [-0.05, 0) is 29.0 Å². The molecule has 6 rings (SSSR count). The number of H-pyrrole nitrogens is 1. The number of fused-ring (bicyclic) bond motifs is 9. The number of nitrogens with one attached hydrogen (secondary N) is 1. The van der Waals surface area contributed by atoms with Gasteiger partial charge in [0.05, 0.1) is 0 Å². The Hall–Kier alpha value is -2.84. The molecule has 4 aromatic carbocycles. The molecule has 1 nitrogen and oxygen atoms in total. The number of hydrogen-bond donors (Lipinski definition) is 1. The number of rotatable bonds is 0. The lowest BCUT2D eigenvalue weighted by atomic mass is 10.0. The second-order valence-electron chi connectivity index (χ2n) is 6.30.